The van der Waals surface area contributed by atoms with E-state index in [1.807, 2.05) is 6.07 Å². The van der Waals surface area contributed by atoms with Crippen LogP contribution in [0, 0.1) is 0 Å². The normalized spacial score (nSPS) is 15.5. The summed E-state index contributed by atoms with van der Waals surface area (Å²) in [4.78, 5) is 19.1. The Morgan fingerprint density at radius 1 is 1.11 bits per heavy atom. The predicted molar refractivity (Wildman–Crippen MR) is 73.2 cm³/mol. The molecule has 0 unspecified atom stereocenters. The minimum Gasteiger partial charge on any atom is -0.338 e. The monoisotopic (exact) mass is 276 g/mol. The van der Waals surface area contributed by atoms with Gasteiger partial charge in [-0.15, -0.1) is 0 Å². The van der Waals surface area contributed by atoms with Gasteiger partial charge in [-0.1, -0.05) is 11.6 Å². The Labute approximate surface area is 115 Å². The van der Waals surface area contributed by atoms with Crippen LogP contribution in [-0.4, -0.2) is 46.1 Å². The SMILES string of the molecule is Clc1ccc(-c2ncnc(N3CCNCC3)n2)cn1. The topological polar surface area (TPSA) is 66.8 Å². The van der Waals surface area contributed by atoms with E-state index in [9.17, 15) is 0 Å². The molecule has 0 atom stereocenters. The van der Waals surface area contributed by atoms with Gasteiger partial charge in [0.15, 0.2) is 5.82 Å². The van der Waals surface area contributed by atoms with Crippen LogP contribution in [0.1, 0.15) is 0 Å². The molecule has 0 bridgehead atoms. The van der Waals surface area contributed by atoms with Crippen molar-refractivity contribution in [2.24, 2.45) is 0 Å². The standard InChI is InChI=1S/C12H13ClN6/c13-10-2-1-9(7-15-10)11-16-8-17-12(18-11)19-5-3-14-4-6-19/h1-2,7-8,14H,3-6H2. The minimum atomic E-state index is 0.458. The number of piperazine rings is 1. The van der Waals surface area contributed by atoms with Gasteiger partial charge >= 0.3 is 0 Å². The zero-order valence-corrected chi connectivity index (χ0v) is 11.0. The maximum Gasteiger partial charge on any atom is 0.228 e. The fourth-order valence-corrected chi connectivity index (χ4v) is 2.06. The van der Waals surface area contributed by atoms with Crippen LogP contribution < -0.4 is 10.2 Å². The highest BCUT2D eigenvalue weighted by Gasteiger charge is 2.14. The maximum absolute atomic E-state index is 5.77. The number of hydrogen-bond acceptors (Lipinski definition) is 6. The lowest BCUT2D eigenvalue weighted by Crippen LogP contribution is -2.44. The van der Waals surface area contributed by atoms with Crippen LogP contribution in [0.25, 0.3) is 11.4 Å². The molecule has 1 aliphatic heterocycles. The highest BCUT2D eigenvalue weighted by Crippen LogP contribution is 2.17. The zero-order valence-electron chi connectivity index (χ0n) is 10.3. The van der Waals surface area contributed by atoms with Gasteiger partial charge in [-0.05, 0) is 12.1 Å². The van der Waals surface area contributed by atoms with Crippen molar-refractivity contribution in [3.8, 4) is 11.4 Å². The molecule has 1 fully saturated rings. The van der Waals surface area contributed by atoms with Gasteiger partial charge in [0, 0.05) is 37.9 Å². The third kappa shape index (κ3) is 2.80. The van der Waals surface area contributed by atoms with E-state index in [2.05, 4.69) is 30.2 Å². The zero-order chi connectivity index (χ0) is 13.1. The van der Waals surface area contributed by atoms with Gasteiger partial charge in [0.25, 0.3) is 0 Å². The van der Waals surface area contributed by atoms with Crippen LogP contribution in [0.4, 0.5) is 5.95 Å². The van der Waals surface area contributed by atoms with Crippen molar-refractivity contribution in [1.82, 2.24) is 25.3 Å². The average Bonchev–Trinajstić information content (AvgIpc) is 2.49. The summed E-state index contributed by atoms with van der Waals surface area (Å²) in [6, 6.07) is 3.58. The molecule has 0 spiro atoms. The van der Waals surface area contributed by atoms with E-state index >= 15 is 0 Å². The minimum absolute atomic E-state index is 0.458. The first-order valence-electron chi connectivity index (χ1n) is 6.09. The van der Waals surface area contributed by atoms with E-state index in [-0.39, 0.29) is 0 Å². The Morgan fingerprint density at radius 2 is 1.95 bits per heavy atom. The second kappa shape index (κ2) is 5.46. The Balaban J connectivity index is 1.88. The number of anilines is 1. The number of halogens is 1. The molecule has 0 saturated carbocycles. The summed E-state index contributed by atoms with van der Waals surface area (Å²) in [7, 11) is 0. The Hall–Kier alpha value is -1.79. The highest BCUT2D eigenvalue weighted by atomic mass is 35.5. The quantitative estimate of drug-likeness (QED) is 0.826. The summed E-state index contributed by atoms with van der Waals surface area (Å²) in [6.07, 6.45) is 3.20. The van der Waals surface area contributed by atoms with Crippen LogP contribution in [-0.2, 0) is 0 Å². The Bertz CT molecular complexity index is 552. The van der Waals surface area contributed by atoms with E-state index in [1.165, 1.54) is 6.33 Å². The van der Waals surface area contributed by atoms with Gasteiger partial charge in [0.05, 0.1) is 0 Å². The molecule has 2 aromatic rings. The molecule has 7 heteroatoms. The molecule has 98 valence electrons. The Kier molecular flexibility index (Phi) is 3.52. The third-order valence-electron chi connectivity index (χ3n) is 2.94. The average molecular weight is 277 g/mol. The third-order valence-corrected chi connectivity index (χ3v) is 3.17. The van der Waals surface area contributed by atoms with Crippen molar-refractivity contribution >= 4 is 17.5 Å². The molecular weight excluding hydrogens is 264 g/mol. The fraction of sp³-hybridized carbons (Fsp3) is 0.333. The molecule has 0 amide bonds. The number of pyridine rings is 1. The van der Waals surface area contributed by atoms with E-state index in [1.54, 1.807) is 12.3 Å². The summed E-state index contributed by atoms with van der Waals surface area (Å²) >= 11 is 5.77. The molecule has 1 N–H and O–H groups in total. The van der Waals surface area contributed by atoms with Crippen molar-refractivity contribution in [1.29, 1.82) is 0 Å². The van der Waals surface area contributed by atoms with Crippen molar-refractivity contribution in [2.75, 3.05) is 31.1 Å². The molecule has 1 aliphatic rings. The predicted octanol–water partition coefficient (Wildman–Crippen LogP) is 0.997. The molecule has 6 nitrogen and oxygen atoms in total. The first kappa shape index (κ1) is 12.3. The van der Waals surface area contributed by atoms with Gasteiger partial charge in [0.1, 0.15) is 11.5 Å². The second-order valence-electron chi connectivity index (χ2n) is 4.22. The van der Waals surface area contributed by atoms with E-state index in [4.69, 9.17) is 11.6 Å². The van der Waals surface area contributed by atoms with Crippen LogP contribution in [0.5, 0.6) is 0 Å². The second-order valence-corrected chi connectivity index (χ2v) is 4.60. The number of nitrogens with one attached hydrogen (secondary N) is 1. The molecule has 2 aromatic heterocycles. The first-order valence-corrected chi connectivity index (χ1v) is 6.47. The van der Waals surface area contributed by atoms with E-state index in [0.29, 0.717) is 16.9 Å². The molecule has 0 aromatic carbocycles. The largest absolute Gasteiger partial charge is 0.338 e. The maximum atomic E-state index is 5.77. The van der Waals surface area contributed by atoms with E-state index in [0.717, 1.165) is 31.7 Å². The van der Waals surface area contributed by atoms with Gasteiger partial charge in [-0.2, -0.15) is 4.98 Å². The number of aromatic nitrogens is 4. The lowest BCUT2D eigenvalue weighted by molar-refractivity contribution is 0.579. The highest BCUT2D eigenvalue weighted by molar-refractivity contribution is 6.29. The summed E-state index contributed by atoms with van der Waals surface area (Å²) in [5.41, 5.74) is 0.836. The lowest BCUT2D eigenvalue weighted by Gasteiger charge is -2.27. The molecule has 1 saturated heterocycles. The molecular formula is C12H13ClN6. The molecule has 0 radical (unpaired) electrons. The smallest absolute Gasteiger partial charge is 0.228 e. The molecule has 3 heterocycles. The fourth-order valence-electron chi connectivity index (χ4n) is 1.95. The summed E-state index contributed by atoms with van der Waals surface area (Å²) in [5.74, 6) is 1.33. The molecule has 3 rings (SSSR count). The van der Waals surface area contributed by atoms with E-state index < -0.39 is 0 Å². The van der Waals surface area contributed by atoms with Gasteiger partial charge in [-0.25, -0.2) is 15.0 Å². The summed E-state index contributed by atoms with van der Waals surface area (Å²) < 4.78 is 0. The number of hydrogen-bond donors (Lipinski definition) is 1. The number of nitrogens with zero attached hydrogens (tertiary/aromatic N) is 5. The van der Waals surface area contributed by atoms with Crippen LogP contribution in [0.2, 0.25) is 5.15 Å². The lowest BCUT2D eigenvalue weighted by atomic mass is 10.3. The number of rotatable bonds is 2. The summed E-state index contributed by atoms with van der Waals surface area (Å²) in [5, 5.41) is 3.76. The molecule has 0 aliphatic carbocycles. The van der Waals surface area contributed by atoms with Crippen molar-refractivity contribution in [3.63, 3.8) is 0 Å². The van der Waals surface area contributed by atoms with Gasteiger partial charge < -0.3 is 10.2 Å². The van der Waals surface area contributed by atoms with Gasteiger partial charge in [0.2, 0.25) is 5.95 Å². The van der Waals surface area contributed by atoms with Gasteiger partial charge in [-0.3, -0.25) is 0 Å². The van der Waals surface area contributed by atoms with Crippen molar-refractivity contribution in [2.45, 2.75) is 0 Å². The van der Waals surface area contributed by atoms with Crippen molar-refractivity contribution in [3.05, 3.63) is 29.8 Å². The van der Waals surface area contributed by atoms with Crippen LogP contribution in [0.15, 0.2) is 24.7 Å². The van der Waals surface area contributed by atoms with Crippen LogP contribution >= 0.6 is 11.6 Å². The van der Waals surface area contributed by atoms with Crippen molar-refractivity contribution < 1.29 is 0 Å². The first-order chi connectivity index (χ1) is 9.33. The van der Waals surface area contributed by atoms with Crippen LogP contribution in [0.3, 0.4) is 0 Å². The molecule has 19 heavy (non-hydrogen) atoms. The summed E-state index contributed by atoms with van der Waals surface area (Å²) in [6.45, 7) is 3.71. The Morgan fingerprint density at radius 3 is 2.68 bits per heavy atom.